The number of nitrogens with one attached hydrogen (secondary N) is 3. The normalized spacial score (nSPS) is 9.75. The number of hydrogen-bond acceptors (Lipinski definition) is 5. The first-order valence-electron chi connectivity index (χ1n) is 4.61. The van der Waals surface area contributed by atoms with E-state index >= 15 is 0 Å². The van der Waals surface area contributed by atoms with Crippen molar-refractivity contribution in [2.45, 2.75) is 0 Å². The Balaban J connectivity index is 3.56. The molecule has 0 saturated carbocycles. The Morgan fingerprint density at radius 3 is 2.12 bits per heavy atom. The van der Waals surface area contributed by atoms with Gasteiger partial charge in [-0.15, -0.1) is 0 Å². The number of anilines is 3. The van der Waals surface area contributed by atoms with Crippen LogP contribution in [0.4, 0.5) is 22.7 Å². The zero-order valence-corrected chi connectivity index (χ0v) is 9.97. The van der Waals surface area contributed by atoms with Crippen LogP contribution in [0.2, 0.25) is 5.02 Å². The highest BCUT2D eigenvalue weighted by molar-refractivity contribution is 6.37. The summed E-state index contributed by atoms with van der Waals surface area (Å²) in [4.78, 5) is 10.4. The van der Waals surface area contributed by atoms with Gasteiger partial charge in [0.25, 0.3) is 5.69 Å². The molecule has 0 saturated heterocycles. The molecule has 0 aliphatic heterocycles. The van der Waals surface area contributed by atoms with Crippen LogP contribution in [0.25, 0.3) is 0 Å². The van der Waals surface area contributed by atoms with Gasteiger partial charge in [-0.25, -0.2) is 0 Å². The number of benzene rings is 1. The minimum absolute atomic E-state index is 0.0272. The van der Waals surface area contributed by atoms with Crippen LogP contribution in [0.15, 0.2) is 6.07 Å². The predicted octanol–water partition coefficient (Wildman–Crippen LogP) is 2.37. The Morgan fingerprint density at radius 2 is 1.75 bits per heavy atom. The van der Waals surface area contributed by atoms with Gasteiger partial charge >= 0.3 is 0 Å². The highest BCUT2D eigenvalue weighted by Gasteiger charge is 2.21. The van der Waals surface area contributed by atoms with Crippen LogP contribution < -0.4 is 16.0 Å². The number of nitro benzene ring substituents is 1. The van der Waals surface area contributed by atoms with E-state index in [2.05, 4.69) is 16.0 Å². The molecule has 3 N–H and O–H groups in total. The van der Waals surface area contributed by atoms with E-state index in [4.69, 9.17) is 11.6 Å². The van der Waals surface area contributed by atoms with Crippen LogP contribution in [0.5, 0.6) is 0 Å². The number of rotatable bonds is 4. The molecule has 0 heterocycles. The predicted molar refractivity (Wildman–Crippen MR) is 66.7 cm³/mol. The van der Waals surface area contributed by atoms with Gasteiger partial charge < -0.3 is 16.0 Å². The molecule has 88 valence electrons. The molecule has 0 aromatic heterocycles. The van der Waals surface area contributed by atoms with Crippen molar-refractivity contribution in [3.05, 3.63) is 21.2 Å². The zero-order valence-electron chi connectivity index (χ0n) is 9.22. The summed E-state index contributed by atoms with van der Waals surface area (Å²) < 4.78 is 0. The molecule has 0 unspecified atom stereocenters. The summed E-state index contributed by atoms with van der Waals surface area (Å²) in [6.07, 6.45) is 0. The molecule has 1 rings (SSSR count). The molecule has 0 aliphatic rings. The fourth-order valence-corrected chi connectivity index (χ4v) is 1.80. The van der Waals surface area contributed by atoms with Gasteiger partial charge in [0, 0.05) is 27.2 Å². The van der Waals surface area contributed by atoms with Gasteiger partial charge in [0.2, 0.25) is 0 Å². The van der Waals surface area contributed by atoms with Gasteiger partial charge in [-0.05, 0) is 0 Å². The lowest BCUT2D eigenvalue weighted by Crippen LogP contribution is -2.04. The summed E-state index contributed by atoms with van der Waals surface area (Å²) in [5, 5.41) is 19.7. The summed E-state index contributed by atoms with van der Waals surface area (Å²) >= 11 is 6.08. The number of halogens is 1. The summed E-state index contributed by atoms with van der Waals surface area (Å²) in [6, 6.07) is 1.40. The van der Waals surface area contributed by atoms with Gasteiger partial charge in [-0.3, -0.25) is 10.1 Å². The second kappa shape index (κ2) is 4.89. The summed E-state index contributed by atoms with van der Waals surface area (Å²) in [7, 11) is 4.92. The van der Waals surface area contributed by atoms with E-state index in [-0.39, 0.29) is 5.69 Å². The average Bonchev–Trinajstić information content (AvgIpc) is 2.27. The summed E-state index contributed by atoms with van der Waals surface area (Å²) in [5.41, 5.74) is 1.36. The molecular formula is C9H13ClN4O2. The van der Waals surface area contributed by atoms with E-state index in [0.29, 0.717) is 22.1 Å². The maximum absolute atomic E-state index is 10.9. The van der Waals surface area contributed by atoms with Crippen molar-refractivity contribution >= 4 is 34.4 Å². The standard InChI is InChI=1S/C9H13ClN4O2/c1-11-5-4-6(14(15)16)8(12-2)9(13-3)7(5)10/h4,11-13H,1-3H3. The van der Waals surface area contributed by atoms with Crippen molar-refractivity contribution in [2.75, 3.05) is 37.1 Å². The van der Waals surface area contributed by atoms with Crippen LogP contribution in [-0.4, -0.2) is 26.1 Å². The van der Waals surface area contributed by atoms with E-state index in [1.807, 2.05) is 0 Å². The Bertz CT molecular complexity index is 422. The van der Waals surface area contributed by atoms with Crippen molar-refractivity contribution in [3.63, 3.8) is 0 Å². The molecule has 0 fully saturated rings. The van der Waals surface area contributed by atoms with Crippen molar-refractivity contribution in [2.24, 2.45) is 0 Å². The van der Waals surface area contributed by atoms with Crippen LogP contribution in [0.3, 0.4) is 0 Å². The zero-order chi connectivity index (χ0) is 12.3. The van der Waals surface area contributed by atoms with Crippen molar-refractivity contribution in [1.29, 1.82) is 0 Å². The Hall–Kier alpha value is -1.69. The third-order valence-electron chi connectivity index (χ3n) is 2.21. The van der Waals surface area contributed by atoms with Gasteiger partial charge in [0.05, 0.1) is 21.3 Å². The van der Waals surface area contributed by atoms with Gasteiger partial charge in [-0.1, -0.05) is 11.6 Å². The summed E-state index contributed by atoms with van der Waals surface area (Å²) in [6.45, 7) is 0. The molecule has 7 heteroatoms. The number of hydrogen-bond donors (Lipinski definition) is 3. The van der Waals surface area contributed by atoms with E-state index in [0.717, 1.165) is 0 Å². The largest absolute Gasteiger partial charge is 0.387 e. The van der Waals surface area contributed by atoms with Crippen LogP contribution in [0, 0.1) is 10.1 Å². The highest BCUT2D eigenvalue weighted by atomic mass is 35.5. The van der Waals surface area contributed by atoms with Crippen molar-refractivity contribution < 1.29 is 4.92 Å². The van der Waals surface area contributed by atoms with Crippen molar-refractivity contribution in [3.8, 4) is 0 Å². The van der Waals surface area contributed by atoms with Crippen molar-refractivity contribution in [1.82, 2.24) is 0 Å². The first kappa shape index (κ1) is 12.4. The minimum Gasteiger partial charge on any atom is -0.387 e. The van der Waals surface area contributed by atoms with E-state index in [1.54, 1.807) is 21.1 Å². The quantitative estimate of drug-likeness (QED) is 0.560. The van der Waals surface area contributed by atoms with E-state index in [9.17, 15) is 10.1 Å². The monoisotopic (exact) mass is 244 g/mol. The van der Waals surface area contributed by atoms with Crippen LogP contribution in [-0.2, 0) is 0 Å². The highest BCUT2D eigenvalue weighted by Crippen LogP contribution is 2.42. The molecule has 16 heavy (non-hydrogen) atoms. The lowest BCUT2D eigenvalue weighted by molar-refractivity contribution is -0.383. The molecule has 1 aromatic carbocycles. The lowest BCUT2D eigenvalue weighted by atomic mass is 10.2. The molecule has 0 spiro atoms. The second-order valence-electron chi connectivity index (χ2n) is 3.01. The number of nitrogens with zero attached hydrogens (tertiary/aromatic N) is 1. The maximum atomic E-state index is 10.9. The molecule has 0 radical (unpaired) electrons. The molecule has 0 aliphatic carbocycles. The average molecular weight is 245 g/mol. The molecular weight excluding hydrogens is 232 g/mol. The maximum Gasteiger partial charge on any atom is 0.296 e. The minimum atomic E-state index is -0.455. The molecule has 0 bridgehead atoms. The Labute approximate surface area is 98.1 Å². The lowest BCUT2D eigenvalue weighted by Gasteiger charge is -2.14. The first-order chi connectivity index (χ1) is 7.56. The molecule has 1 aromatic rings. The van der Waals surface area contributed by atoms with Crippen LogP contribution in [0.1, 0.15) is 0 Å². The SMILES string of the molecule is CNc1cc([N+](=O)[O-])c(NC)c(NC)c1Cl. The van der Waals surface area contributed by atoms with Crippen LogP contribution >= 0.6 is 11.6 Å². The third-order valence-corrected chi connectivity index (χ3v) is 2.60. The Morgan fingerprint density at radius 1 is 1.19 bits per heavy atom. The van der Waals surface area contributed by atoms with Gasteiger partial charge in [0.1, 0.15) is 5.69 Å². The number of nitro groups is 1. The van der Waals surface area contributed by atoms with E-state index < -0.39 is 4.92 Å². The third kappa shape index (κ3) is 1.96. The fraction of sp³-hybridized carbons (Fsp3) is 0.333. The second-order valence-corrected chi connectivity index (χ2v) is 3.39. The molecule has 0 atom stereocenters. The van der Waals surface area contributed by atoms with Gasteiger partial charge in [-0.2, -0.15) is 0 Å². The summed E-state index contributed by atoms with van der Waals surface area (Å²) in [5.74, 6) is 0. The Kier molecular flexibility index (Phi) is 3.78. The smallest absolute Gasteiger partial charge is 0.296 e. The first-order valence-corrected chi connectivity index (χ1v) is 4.98. The fourth-order valence-electron chi connectivity index (χ4n) is 1.46. The van der Waals surface area contributed by atoms with Gasteiger partial charge in [0.15, 0.2) is 0 Å². The topological polar surface area (TPSA) is 79.2 Å². The molecule has 6 nitrogen and oxygen atoms in total. The van der Waals surface area contributed by atoms with E-state index in [1.165, 1.54) is 6.07 Å². The molecule has 0 amide bonds.